The maximum atomic E-state index is 8.75. The van der Waals surface area contributed by atoms with Gasteiger partial charge in [-0.2, -0.15) is 5.10 Å². The number of rotatable bonds is 4. The van der Waals surface area contributed by atoms with Crippen LogP contribution in [-0.2, 0) is 0 Å². The van der Waals surface area contributed by atoms with Crippen LogP contribution in [0.5, 0.6) is 0 Å². The lowest BCUT2D eigenvalue weighted by Crippen LogP contribution is -2.13. The van der Waals surface area contributed by atoms with Gasteiger partial charge in [0.05, 0.1) is 10.9 Å². The summed E-state index contributed by atoms with van der Waals surface area (Å²) >= 11 is 1.58. The predicted molar refractivity (Wildman–Crippen MR) is 58.3 cm³/mol. The Hall–Kier alpha value is -1.24. The Labute approximate surface area is 91.0 Å². The highest BCUT2D eigenvalue weighted by Gasteiger charge is 2.12. The molecule has 0 aliphatic carbocycles. The first kappa shape index (κ1) is 10.3. The molecule has 0 saturated heterocycles. The fourth-order valence-electron chi connectivity index (χ4n) is 1.23. The van der Waals surface area contributed by atoms with Crippen molar-refractivity contribution in [1.82, 2.24) is 15.2 Å². The molecule has 0 aromatic carbocycles. The first-order valence-electron chi connectivity index (χ1n) is 4.64. The third-order valence-electron chi connectivity index (χ3n) is 2.04. The third-order valence-corrected chi connectivity index (χ3v) is 2.90. The number of aliphatic hydroxyl groups is 1. The standard InChI is InChI=1S/C9H12N4OS/c10-6(3-4-14)8-11-9(13-12-8)7-2-1-5-15-7/h1-2,5-6,14H,3-4,10H2,(H,11,12,13). The number of aliphatic hydroxyl groups excluding tert-OH is 1. The van der Waals surface area contributed by atoms with Gasteiger partial charge in [0.25, 0.3) is 0 Å². The molecular weight excluding hydrogens is 212 g/mol. The molecule has 1 unspecified atom stereocenters. The molecule has 15 heavy (non-hydrogen) atoms. The van der Waals surface area contributed by atoms with Gasteiger partial charge in [0, 0.05) is 6.61 Å². The fourth-order valence-corrected chi connectivity index (χ4v) is 1.89. The number of hydrogen-bond donors (Lipinski definition) is 3. The number of nitrogens with two attached hydrogens (primary N) is 1. The Kier molecular flexibility index (Phi) is 3.10. The average molecular weight is 224 g/mol. The van der Waals surface area contributed by atoms with Crippen LogP contribution in [0.1, 0.15) is 18.3 Å². The highest BCUT2D eigenvalue weighted by Crippen LogP contribution is 2.21. The summed E-state index contributed by atoms with van der Waals surface area (Å²) in [4.78, 5) is 5.29. The number of H-pyrrole nitrogens is 1. The first-order valence-corrected chi connectivity index (χ1v) is 5.52. The maximum absolute atomic E-state index is 8.75. The highest BCUT2D eigenvalue weighted by molar-refractivity contribution is 7.13. The van der Waals surface area contributed by atoms with Crippen molar-refractivity contribution in [2.24, 2.45) is 5.73 Å². The summed E-state index contributed by atoms with van der Waals surface area (Å²) in [5.74, 6) is 1.28. The van der Waals surface area contributed by atoms with Crippen LogP contribution in [0.2, 0.25) is 0 Å². The van der Waals surface area contributed by atoms with Gasteiger partial charge in [-0.15, -0.1) is 11.3 Å². The van der Waals surface area contributed by atoms with Gasteiger partial charge in [-0.25, -0.2) is 4.98 Å². The van der Waals surface area contributed by atoms with E-state index in [9.17, 15) is 0 Å². The molecule has 0 amide bonds. The van der Waals surface area contributed by atoms with Crippen LogP contribution in [0.25, 0.3) is 10.7 Å². The van der Waals surface area contributed by atoms with Crippen LogP contribution >= 0.6 is 11.3 Å². The molecule has 0 saturated carbocycles. The molecule has 0 aliphatic heterocycles. The molecule has 0 bridgehead atoms. The van der Waals surface area contributed by atoms with Crippen molar-refractivity contribution in [2.75, 3.05) is 6.61 Å². The number of nitrogens with zero attached hydrogens (tertiary/aromatic N) is 2. The van der Waals surface area contributed by atoms with Gasteiger partial charge in [-0.1, -0.05) is 6.07 Å². The Morgan fingerprint density at radius 2 is 2.47 bits per heavy atom. The minimum absolute atomic E-state index is 0.0518. The zero-order valence-electron chi connectivity index (χ0n) is 8.05. The summed E-state index contributed by atoms with van der Waals surface area (Å²) in [6.07, 6.45) is 0.485. The van der Waals surface area contributed by atoms with Crippen molar-refractivity contribution in [2.45, 2.75) is 12.5 Å². The van der Waals surface area contributed by atoms with E-state index in [0.717, 1.165) is 4.88 Å². The zero-order chi connectivity index (χ0) is 10.7. The van der Waals surface area contributed by atoms with E-state index in [0.29, 0.717) is 18.1 Å². The van der Waals surface area contributed by atoms with Crippen LogP contribution in [0.3, 0.4) is 0 Å². The van der Waals surface area contributed by atoms with Crippen molar-refractivity contribution in [3.63, 3.8) is 0 Å². The van der Waals surface area contributed by atoms with Gasteiger partial charge in [0.15, 0.2) is 5.82 Å². The lowest BCUT2D eigenvalue weighted by molar-refractivity contribution is 0.274. The van der Waals surface area contributed by atoms with Gasteiger partial charge in [-0.3, -0.25) is 5.10 Å². The summed E-state index contributed by atoms with van der Waals surface area (Å²) in [6.45, 7) is 0.0518. The van der Waals surface area contributed by atoms with Crippen LogP contribution < -0.4 is 5.73 Å². The topological polar surface area (TPSA) is 87.8 Å². The minimum Gasteiger partial charge on any atom is -0.396 e. The van der Waals surface area contributed by atoms with E-state index in [1.165, 1.54) is 0 Å². The quantitative estimate of drug-likeness (QED) is 0.720. The lowest BCUT2D eigenvalue weighted by atomic mass is 10.2. The highest BCUT2D eigenvalue weighted by atomic mass is 32.1. The summed E-state index contributed by atoms with van der Waals surface area (Å²) in [5.41, 5.74) is 5.78. The molecule has 0 aliphatic rings. The maximum Gasteiger partial charge on any atom is 0.191 e. The second-order valence-electron chi connectivity index (χ2n) is 3.14. The normalized spacial score (nSPS) is 12.9. The predicted octanol–water partition coefficient (Wildman–Crippen LogP) is 0.915. The molecule has 2 aromatic rings. The van der Waals surface area contributed by atoms with Gasteiger partial charge < -0.3 is 10.8 Å². The summed E-state index contributed by atoms with van der Waals surface area (Å²) in [6, 6.07) is 3.62. The number of hydrogen-bond acceptors (Lipinski definition) is 5. The van der Waals surface area contributed by atoms with E-state index < -0.39 is 0 Å². The van der Waals surface area contributed by atoms with Crippen molar-refractivity contribution in [3.8, 4) is 10.7 Å². The molecule has 2 aromatic heterocycles. The molecule has 4 N–H and O–H groups in total. The van der Waals surface area contributed by atoms with Gasteiger partial charge >= 0.3 is 0 Å². The molecule has 80 valence electrons. The van der Waals surface area contributed by atoms with Crippen LogP contribution in [0, 0.1) is 0 Å². The van der Waals surface area contributed by atoms with Gasteiger partial charge in [-0.05, 0) is 17.9 Å². The number of nitrogens with one attached hydrogen (secondary N) is 1. The van der Waals surface area contributed by atoms with Crippen molar-refractivity contribution in [3.05, 3.63) is 23.3 Å². The Bertz CT molecular complexity index is 411. The van der Waals surface area contributed by atoms with E-state index in [-0.39, 0.29) is 12.6 Å². The summed E-state index contributed by atoms with van der Waals surface area (Å²) in [7, 11) is 0. The van der Waals surface area contributed by atoms with E-state index in [2.05, 4.69) is 15.2 Å². The molecular formula is C9H12N4OS. The van der Waals surface area contributed by atoms with E-state index in [4.69, 9.17) is 10.8 Å². The van der Waals surface area contributed by atoms with Gasteiger partial charge in [0.1, 0.15) is 5.82 Å². The molecule has 2 rings (SSSR count). The zero-order valence-corrected chi connectivity index (χ0v) is 8.87. The van der Waals surface area contributed by atoms with E-state index in [1.54, 1.807) is 11.3 Å². The summed E-state index contributed by atoms with van der Waals surface area (Å²) < 4.78 is 0. The fraction of sp³-hybridized carbons (Fsp3) is 0.333. The average Bonchev–Trinajstić information content (AvgIpc) is 2.89. The van der Waals surface area contributed by atoms with Crippen LogP contribution in [-0.4, -0.2) is 26.9 Å². The molecule has 6 heteroatoms. The molecule has 0 radical (unpaired) electrons. The van der Waals surface area contributed by atoms with E-state index >= 15 is 0 Å². The number of thiophene rings is 1. The Morgan fingerprint density at radius 3 is 3.13 bits per heavy atom. The molecule has 0 fully saturated rings. The smallest absolute Gasteiger partial charge is 0.191 e. The van der Waals surface area contributed by atoms with Crippen molar-refractivity contribution >= 4 is 11.3 Å². The summed E-state index contributed by atoms with van der Waals surface area (Å²) in [5, 5.41) is 17.6. The number of aromatic amines is 1. The second-order valence-corrected chi connectivity index (χ2v) is 4.09. The largest absolute Gasteiger partial charge is 0.396 e. The monoisotopic (exact) mass is 224 g/mol. The molecule has 1 atom stereocenters. The van der Waals surface area contributed by atoms with Crippen molar-refractivity contribution < 1.29 is 5.11 Å². The molecule has 0 spiro atoms. The Morgan fingerprint density at radius 1 is 1.60 bits per heavy atom. The van der Waals surface area contributed by atoms with Crippen LogP contribution in [0.4, 0.5) is 0 Å². The SMILES string of the molecule is NC(CCO)c1nc(-c2cccs2)n[nH]1. The second kappa shape index (κ2) is 4.52. The van der Waals surface area contributed by atoms with Crippen molar-refractivity contribution in [1.29, 1.82) is 0 Å². The minimum atomic E-state index is -0.281. The Balaban J connectivity index is 2.17. The van der Waals surface area contributed by atoms with Crippen LogP contribution in [0.15, 0.2) is 17.5 Å². The molecule has 2 heterocycles. The van der Waals surface area contributed by atoms with E-state index in [1.807, 2.05) is 17.5 Å². The number of aromatic nitrogens is 3. The molecule has 5 nitrogen and oxygen atoms in total. The van der Waals surface area contributed by atoms with Gasteiger partial charge in [0.2, 0.25) is 0 Å². The third kappa shape index (κ3) is 2.23. The first-order chi connectivity index (χ1) is 7.31. The lowest BCUT2D eigenvalue weighted by Gasteiger charge is -2.03.